The number of hydrogen-bond acceptors (Lipinski definition) is 7. The Morgan fingerprint density at radius 1 is 0.902 bits per heavy atom. The lowest BCUT2D eigenvalue weighted by Crippen LogP contribution is -2.52. The predicted molar refractivity (Wildman–Crippen MR) is 160 cm³/mol. The highest BCUT2D eigenvalue weighted by Gasteiger charge is 2.35. The quantitative estimate of drug-likeness (QED) is 0.296. The maximum atomic E-state index is 10.8. The first-order valence-corrected chi connectivity index (χ1v) is 14.5. The first-order chi connectivity index (χ1) is 20.1. The van der Waals surface area contributed by atoms with Gasteiger partial charge in [-0.1, -0.05) is 37.3 Å². The number of phenols is 1. The number of benzene rings is 2. The molecule has 5 aromatic rings. The van der Waals surface area contributed by atoms with E-state index in [2.05, 4.69) is 63.5 Å². The zero-order valence-corrected chi connectivity index (χ0v) is 23.5. The van der Waals surface area contributed by atoms with Gasteiger partial charge in [0, 0.05) is 62.0 Å². The minimum Gasteiger partial charge on any atom is -0.507 e. The van der Waals surface area contributed by atoms with E-state index < -0.39 is 0 Å². The summed E-state index contributed by atoms with van der Waals surface area (Å²) < 4.78 is 7.33. The molecule has 41 heavy (non-hydrogen) atoms. The molecule has 3 aromatic heterocycles. The topological polar surface area (TPSA) is 89.2 Å². The minimum absolute atomic E-state index is 0.225. The fourth-order valence-corrected chi connectivity index (χ4v) is 6.20. The summed E-state index contributed by atoms with van der Waals surface area (Å²) >= 11 is 0. The number of aromatic nitrogens is 5. The van der Waals surface area contributed by atoms with Gasteiger partial charge < -0.3 is 9.84 Å². The molecule has 2 saturated heterocycles. The van der Waals surface area contributed by atoms with Crippen LogP contribution >= 0.6 is 0 Å². The van der Waals surface area contributed by atoms with Crippen LogP contribution in [0.3, 0.4) is 0 Å². The second-order valence-electron chi connectivity index (χ2n) is 11.2. The summed E-state index contributed by atoms with van der Waals surface area (Å²) in [7, 11) is 1.92. The number of aryl methyl sites for hydroxylation is 2. The lowest BCUT2D eigenvalue weighted by atomic mass is 9.91. The van der Waals surface area contributed by atoms with E-state index in [9.17, 15) is 5.11 Å². The summed E-state index contributed by atoms with van der Waals surface area (Å²) in [5, 5.41) is 24.8. The Morgan fingerprint density at radius 3 is 2.49 bits per heavy atom. The number of nitrogens with zero attached hydrogens (tertiary/aromatic N) is 6. The van der Waals surface area contributed by atoms with Crippen molar-refractivity contribution in [1.29, 1.82) is 0 Å². The summed E-state index contributed by atoms with van der Waals surface area (Å²) in [6.45, 7) is 5.94. The number of likely N-dealkylation sites (tertiary alicyclic amines) is 1. The highest BCUT2D eigenvalue weighted by molar-refractivity contribution is 5.89. The van der Waals surface area contributed by atoms with E-state index in [-0.39, 0.29) is 5.75 Å². The fraction of sp³-hybridized carbons (Fsp3) is 0.333. The SMILES string of the molecule is CCc1cc(-c2ccc(-c3ccc(C4CN(C5CCOCC5)C4)nn3)c(-c3ccccc3O)c2)nc2cn(C)nc12. The summed E-state index contributed by atoms with van der Waals surface area (Å²) in [4.78, 5) is 7.49. The summed E-state index contributed by atoms with van der Waals surface area (Å²) in [5.74, 6) is 0.642. The van der Waals surface area contributed by atoms with Gasteiger partial charge in [-0.2, -0.15) is 15.3 Å². The van der Waals surface area contributed by atoms with Crippen LogP contribution in [0.5, 0.6) is 5.75 Å². The van der Waals surface area contributed by atoms with E-state index in [0.29, 0.717) is 12.0 Å². The summed E-state index contributed by atoms with van der Waals surface area (Å²) in [6.07, 6.45) is 5.06. The smallest absolute Gasteiger partial charge is 0.123 e. The van der Waals surface area contributed by atoms with Gasteiger partial charge in [0.1, 0.15) is 16.8 Å². The van der Waals surface area contributed by atoms with Crippen molar-refractivity contribution in [3.63, 3.8) is 0 Å². The molecule has 0 unspecified atom stereocenters. The molecule has 0 atom stereocenters. The number of hydrogen-bond donors (Lipinski definition) is 1. The second kappa shape index (κ2) is 10.7. The average Bonchev–Trinajstić information content (AvgIpc) is 3.37. The van der Waals surface area contributed by atoms with Crippen LogP contribution in [-0.2, 0) is 18.2 Å². The molecule has 2 aromatic carbocycles. The molecule has 0 bridgehead atoms. The molecule has 2 aliphatic heterocycles. The lowest BCUT2D eigenvalue weighted by Gasteiger charge is -2.45. The Bertz CT molecular complexity index is 1700. The third-order valence-corrected chi connectivity index (χ3v) is 8.55. The van der Waals surface area contributed by atoms with Crippen molar-refractivity contribution in [2.75, 3.05) is 26.3 Å². The maximum absolute atomic E-state index is 10.8. The number of ether oxygens (including phenoxy) is 1. The third-order valence-electron chi connectivity index (χ3n) is 8.55. The van der Waals surface area contributed by atoms with E-state index >= 15 is 0 Å². The molecular weight excluding hydrogens is 512 g/mol. The van der Waals surface area contributed by atoms with E-state index in [4.69, 9.17) is 9.72 Å². The van der Waals surface area contributed by atoms with Crippen LogP contribution in [0.4, 0.5) is 0 Å². The van der Waals surface area contributed by atoms with Crippen LogP contribution < -0.4 is 0 Å². The van der Waals surface area contributed by atoms with Crippen LogP contribution in [0, 0.1) is 0 Å². The normalized spacial score (nSPS) is 16.7. The molecule has 1 N–H and O–H groups in total. The molecule has 7 rings (SSSR count). The molecule has 0 radical (unpaired) electrons. The van der Waals surface area contributed by atoms with Crippen molar-refractivity contribution in [2.24, 2.45) is 7.05 Å². The van der Waals surface area contributed by atoms with Gasteiger partial charge in [0.25, 0.3) is 0 Å². The molecule has 0 amide bonds. The number of phenolic OH excluding ortho intramolecular Hbond substituents is 1. The minimum atomic E-state index is 0.225. The van der Waals surface area contributed by atoms with Gasteiger partial charge in [-0.05, 0) is 60.7 Å². The van der Waals surface area contributed by atoms with Crippen molar-refractivity contribution in [3.05, 3.63) is 78.1 Å². The molecular formula is C33H34N6O2. The number of fused-ring (bicyclic) bond motifs is 1. The van der Waals surface area contributed by atoms with Crippen molar-refractivity contribution in [1.82, 2.24) is 29.9 Å². The van der Waals surface area contributed by atoms with Crippen molar-refractivity contribution in [2.45, 2.75) is 38.1 Å². The number of pyridine rings is 1. The van der Waals surface area contributed by atoms with Gasteiger partial charge in [0.15, 0.2) is 0 Å². The zero-order chi connectivity index (χ0) is 27.9. The van der Waals surface area contributed by atoms with Crippen LogP contribution in [0.15, 0.2) is 66.9 Å². The third kappa shape index (κ3) is 4.87. The van der Waals surface area contributed by atoms with Crippen molar-refractivity contribution >= 4 is 11.0 Å². The van der Waals surface area contributed by atoms with Gasteiger partial charge in [-0.3, -0.25) is 9.58 Å². The molecule has 0 saturated carbocycles. The number of rotatable bonds is 6. The Labute approximate surface area is 239 Å². The summed E-state index contributed by atoms with van der Waals surface area (Å²) in [5.41, 5.74) is 9.21. The molecule has 2 aliphatic rings. The standard InChI is InChI=1S/C33H34N6O2/c1-3-21-17-30(34-31-20-38(2)37-33(21)31)22-8-9-25(27(16-22)26-6-4-5-7-32(26)40)29-11-10-28(35-36-29)23-18-39(19-23)24-12-14-41-15-13-24/h4-11,16-17,20,23-24,40H,3,12-15,18-19H2,1-2H3. The van der Waals surface area contributed by atoms with E-state index in [1.165, 1.54) is 0 Å². The first kappa shape index (κ1) is 25.8. The fourth-order valence-electron chi connectivity index (χ4n) is 6.20. The van der Waals surface area contributed by atoms with Gasteiger partial charge >= 0.3 is 0 Å². The second-order valence-corrected chi connectivity index (χ2v) is 11.2. The van der Waals surface area contributed by atoms with E-state index in [1.807, 2.05) is 36.1 Å². The number of aromatic hydroxyl groups is 1. The highest BCUT2D eigenvalue weighted by Crippen LogP contribution is 2.39. The Hall–Kier alpha value is -4.14. The van der Waals surface area contributed by atoms with Crippen molar-refractivity contribution < 1.29 is 9.84 Å². The summed E-state index contributed by atoms with van der Waals surface area (Å²) in [6, 6.07) is 20.6. The van der Waals surface area contributed by atoms with Crippen LogP contribution in [-0.4, -0.2) is 67.3 Å². The van der Waals surface area contributed by atoms with Gasteiger partial charge in [0.05, 0.1) is 23.3 Å². The largest absolute Gasteiger partial charge is 0.507 e. The monoisotopic (exact) mass is 546 g/mol. The van der Waals surface area contributed by atoms with E-state index in [0.717, 1.165) is 101 Å². The molecule has 2 fully saturated rings. The molecule has 0 spiro atoms. The Kier molecular flexibility index (Phi) is 6.73. The van der Waals surface area contributed by atoms with Gasteiger partial charge in [-0.25, -0.2) is 4.98 Å². The molecule has 0 aliphatic carbocycles. The Balaban J connectivity index is 1.22. The van der Waals surface area contributed by atoms with Crippen LogP contribution in [0.2, 0.25) is 0 Å². The average molecular weight is 547 g/mol. The lowest BCUT2D eigenvalue weighted by molar-refractivity contribution is 0.000892. The van der Waals surface area contributed by atoms with Crippen LogP contribution in [0.25, 0.3) is 44.7 Å². The van der Waals surface area contributed by atoms with Gasteiger partial charge in [-0.15, -0.1) is 0 Å². The van der Waals surface area contributed by atoms with Crippen molar-refractivity contribution in [3.8, 4) is 39.4 Å². The molecule has 208 valence electrons. The molecule has 8 nitrogen and oxygen atoms in total. The zero-order valence-electron chi connectivity index (χ0n) is 23.5. The van der Waals surface area contributed by atoms with Gasteiger partial charge in [0.2, 0.25) is 0 Å². The predicted octanol–water partition coefficient (Wildman–Crippen LogP) is 5.61. The Morgan fingerprint density at radius 2 is 1.73 bits per heavy atom. The maximum Gasteiger partial charge on any atom is 0.123 e. The first-order valence-electron chi connectivity index (χ1n) is 14.5. The van der Waals surface area contributed by atoms with Crippen LogP contribution in [0.1, 0.15) is 36.9 Å². The number of para-hydroxylation sites is 1. The highest BCUT2D eigenvalue weighted by atomic mass is 16.5. The molecule has 5 heterocycles. The van der Waals surface area contributed by atoms with E-state index in [1.54, 1.807) is 6.07 Å². The molecule has 8 heteroatoms.